The summed E-state index contributed by atoms with van der Waals surface area (Å²) in [5.74, 6) is 1.53. The number of aryl methyl sites for hydroxylation is 2. The van der Waals surface area contributed by atoms with Gasteiger partial charge in [-0.2, -0.15) is 0 Å². The van der Waals surface area contributed by atoms with Crippen LogP contribution in [0.1, 0.15) is 18.1 Å². The van der Waals surface area contributed by atoms with Crippen LogP contribution in [0.25, 0.3) is 0 Å². The number of phenolic OH excluding ortho intramolecular Hbond substituents is 1. The zero-order valence-corrected chi connectivity index (χ0v) is 13.0. The van der Waals surface area contributed by atoms with Crippen LogP contribution in [0.3, 0.4) is 0 Å². The van der Waals surface area contributed by atoms with Crippen LogP contribution in [-0.2, 0) is 4.79 Å². The molecule has 0 atom stereocenters. The van der Waals surface area contributed by atoms with Gasteiger partial charge in [-0.3, -0.25) is 4.79 Å². The molecule has 2 aromatic carbocycles. The minimum Gasteiger partial charge on any atom is -0.508 e. The van der Waals surface area contributed by atoms with Gasteiger partial charge in [-0.05, 0) is 43.2 Å². The summed E-state index contributed by atoms with van der Waals surface area (Å²) in [6.07, 6.45) is 0. The van der Waals surface area contributed by atoms with E-state index in [1.165, 1.54) is 20.1 Å². The first-order valence-electron chi connectivity index (χ1n) is 6.74. The van der Waals surface area contributed by atoms with Crippen LogP contribution in [0.2, 0.25) is 0 Å². The molecule has 0 bridgehead atoms. The van der Waals surface area contributed by atoms with Crippen LogP contribution < -0.4 is 14.2 Å². The molecule has 0 unspecified atom stereocenters. The second-order valence-corrected chi connectivity index (χ2v) is 4.97. The molecular formula is C17H18O5. The predicted octanol–water partition coefficient (Wildman–Crippen LogP) is 3.74. The molecule has 2 rings (SSSR count). The number of hydrogen-bond acceptors (Lipinski definition) is 5. The minimum absolute atomic E-state index is 0.134. The molecular weight excluding hydrogens is 284 g/mol. The Hall–Kier alpha value is -2.69. The quantitative estimate of drug-likeness (QED) is 0.688. The van der Waals surface area contributed by atoms with E-state index >= 15 is 0 Å². The Morgan fingerprint density at radius 3 is 2.32 bits per heavy atom. The monoisotopic (exact) mass is 302 g/mol. The van der Waals surface area contributed by atoms with Crippen molar-refractivity contribution >= 4 is 5.97 Å². The average Bonchev–Trinajstić information content (AvgIpc) is 2.39. The Balaban J connectivity index is 2.36. The maximum absolute atomic E-state index is 11.1. The Morgan fingerprint density at radius 1 is 1.05 bits per heavy atom. The second kappa shape index (κ2) is 6.39. The third kappa shape index (κ3) is 3.69. The summed E-state index contributed by atoms with van der Waals surface area (Å²) in [6, 6.07) is 8.34. The fourth-order valence-corrected chi connectivity index (χ4v) is 2.12. The number of methoxy groups -OCH3 is 1. The summed E-state index contributed by atoms with van der Waals surface area (Å²) in [4.78, 5) is 11.1. The highest BCUT2D eigenvalue weighted by Gasteiger charge is 2.14. The second-order valence-electron chi connectivity index (χ2n) is 4.97. The molecule has 0 aliphatic heterocycles. The molecule has 5 nitrogen and oxygen atoms in total. The van der Waals surface area contributed by atoms with Crippen molar-refractivity contribution in [2.45, 2.75) is 20.8 Å². The first kappa shape index (κ1) is 15.7. The van der Waals surface area contributed by atoms with Gasteiger partial charge in [0.05, 0.1) is 7.11 Å². The molecule has 0 aliphatic carbocycles. The zero-order valence-electron chi connectivity index (χ0n) is 13.0. The Morgan fingerprint density at radius 2 is 1.73 bits per heavy atom. The number of hydrogen-bond donors (Lipinski definition) is 1. The van der Waals surface area contributed by atoms with Crippen molar-refractivity contribution in [3.05, 3.63) is 41.5 Å². The van der Waals surface area contributed by atoms with Gasteiger partial charge in [0.25, 0.3) is 0 Å². The molecule has 0 spiro atoms. The molecule has 0 aliphatic rings. The fraction of sp³-hybridized carbons (Fsp3) is 0.235. The number of phenols is 1. The lowest BCUT2D eigenvalue weighted by Gasteiger charge is -2.14. The number of carbonyl (C=O) groups excluding carboxylic acids is 1. The van der Waals surface area contributed by atoms with Crippen LogP contribution in [0, 0.1) is 13.8 Å². The SMILES string of the molecule is COc1cc(Oc2cc(C)cc(O)c2)cc(C)c1OC(C)=O. The Bertz CT molecular complexity index is 686. The normalized spacial score (nSPS) is 10.2. The van der Waals surface area contributed by atoms with Gasteiger partial charge in [0.2, 0.25) is 0 Å². The van der Waals surface area contributed by atoms with E-state index in [-0.39, 0.29) is 5.75 Å². The van der Waals surface area contributed by atoms with Crippen LogP contribution in [0.15, 0.2) is 30.3 Å². The standard InChI is InChI=1S/C17H18O5/c1-10-5-13(19)8-14(6-10)22-15-7-11(2)17(21-12(3)18)16(9-15)20-4/h5-9,19H,1-4H3. The van der Waals surface area contributed by atoms with Gasteiger partial charge in [0.15, 0.2) is 11.5 Å². The van der Waals surface area contributed by atoms with Gasteiger partial charge in [0.1, 0.15) is 17.2 Å². The number of esters is 1. The fourth-order valence-electron chi connectivity index (χ4n) is 2.12. The summed E-state index contributed by atoms with van der Waals surface area (Å²) in [6.45, 7) is 4.99. The third-order valence-electron chi connectivity index (χ3n) is 2.95. The first-order valence-corrected chi connectivity index (χ1v) is 6.74. The van der Waals surface area contributed by atoms with E-state index in [0.29, 0.717) is 28.6 Å². The summed E-state index contributed by atoms with van der Waals surface area (Å²) in [5, 5.41) is 9.61. The van der Waals surface area contributed by atoms with E-state index in [1.54, 1.807) is 25.1 Å². The molecule has 0 aromatic heterocycles. The lowest BCUT2D eigenvalue weighted by Crippen LogP contribution is -2.04. The van der Waals surface area contributed by atoms with E-state index < -0.39 is 5.97 Å². The van der Waals surface area contributed by atoms with Crippen molar-refractivity contribution in [3.63, 3.8) is 0 Å². The lowest BCUT2D eigenvalue weighted by molar-refractivity contribution is -0.132. The number of ether oxygens (including phenoxy) is 3. The highest BCUT2D eigenvalue weighted by molar-refractivity contribution is 5.71. The van der Waals surface area contributed by atoms with Crippen molar-refractivity contribution in [2.24, 2.45) is 0 Å². The number of rotatable bonds is 4. The molecule has 0 heterocycles. The van der Waals surface area contributed by atoms with Crippen molar-refractivity contribution in [3.8, 4) is 28.7 Å². The average molecular weight is 302 g/mol. The van der Waals surface area contributed by atoms with E-state index in [9.17, 15) is 9.90 Å². The summed E-state index contributed by atoms with van der Waals surface area (Å²) in [5.41, 5.74) is 1.59. The van der Waals surface area contributed by atoms with Crippen molar-refractivity contribution in [1.29, 1.82) is 0 Å². The van der Waals surface area contributed by atoms with Crippen LogP contribution in [0.4, 0.5) is 0 Å². The van der Waals surface area contributed by atoms with E-state index in [4.69, 9.17) is 14.2 Å². The maximum atomic E-state index is 11.1. The molecule has 116 valence electrons. The molecule has 0 radical (unpaired) electrons. The third-order valence-corrected chi connectivity index (χ3v) is 2.95. The van der Waals surface area contributed by atoms with Crippen molar-refractivity contribution < 1.29 is 24.1 Å². The van der Waals surface area contributed by atoms with E-state index in [0.717, 1.165) is 5.56 Å². The Labute approximate surface area is 129 Å². The van der Waals surface area contributed by atoms with Gasteiger partial charge in [-0.25, -0.2) is 0 Å². The Kier molecular flexibility index (Phi) is 4.56. The predicted molar refractivity (Wildman–Crippen MR) is 82.0 cm³/mol. The smallest absolute Gasteiger partial charge is 0.308 e. The van der Waals surface area contributed by atoms with Crippen molar-refractivity contribution in [2.75, 3.05) is 7.11 Å². The van der Waals surface area contributed by atoms with Crippen LogP contribution >= 0.6 is 0 Å². The molecule has 2 aromatic rings. The molecule has 22 heavy (non-hydrogen) atoms. The minimum atomic E-state index is -0.418. The largest absolute Gasteiger partial charge is 0.508 e. The van der Waals surface area contributed by atoms with Gasteiger partial charge >= 0.3 is 5.97 Å². The molecule has 1 N–H and O–H groups in total. The molecule has 0 fully saturated rings. The van der Waals surface area contributed by atoms with E-state index in [1.807, 2.05) is 13.0 Å². The van der Waals surface area contributed by atoms with Crippen molar-refractivity contribution in [1.82, 2.24) is 0 Å². The number of benzene rings is 2. The highest BCUT2D eigenvalue weighted by Crippen LogP contribution is 2.37. The maximum Gasteiger partial charge on any atom is 0.308 e. The summed E-state index contributed by atoms with van der Waals surface area (Å²) < 4.78 is 16.1. The molecule has 0 amide bonds. The summed E-state index contributed by atoms with van der Waals surface area (Å²) in [7, 11) is 1.49. The first-order chi connectivity index (χ1) is 10.4. The number of carbonyl (C=O) groups is 1. The highest BCUT2D eigenvalue weighted by atomic mass is 16.6. The topological polar surface area (TPSA) is 65.0 Å². The molecule has 0 saturated heterocycles. The zero-order chi connectivity index (χ0) is 16.3. The number of aromatic hydroxyl groups is 1. The van der Waals surface area contributed by atoms with Gasteiger partial charge in [-0.15, -0.1) is 0 Å². The van der Waals surface area contributed by atoms with E-state index in [2.05, 4.69) is 0 Å². The van der Waals surface area contributed by atoms with Crippen LogP contribution in [-0.4, -0.2) is 18.2 Å². The molecule has 5 heteroatoms. The lowest BCUT2D eigenvalue weighted by atomic mass is 10.2. The van der Waals surface area contributed by atoms with Gasteiger partial charge in [-0.1, -0.05) is 0 Å². The van der Waals surface area contributed by atoms with Gasteiger partial charge < -0.3 is 19.3 Å². The summed E-state index contributed by atoms with van der Waals surface area (Å²) >= 11 is 0. The molecule has 0 saturated carbocycles. The van der Waals surface area contributed by atoms with Crippen LogP contribution in [0.5, 0.6) is 28.7 Å². The van der Waals surface area contributed by atoms with Gasteiger partial charge in [0, 0.05) is 19.1 Å².